The van der Waals surface area contributed by atoms with Crippen LogP contribution in [-0.2, 0) is 11.2 Å². The Balaban J connectivity index is 2.41. The van der Waals surface area contributed by atoms with Crippen molar-refractivity contribution in [3.63, 3.8) is 0 Å². The smallest absolute Gasteiger partial charge is 0.250 e. The number of benzene rings is 2. The van der Waals surface area contributed by atoms with Gasteiger partial charge in [0.05, 0.1) is 6.42 Å². The zero-order valence-corrected chi connectivity index (χ0v) is 9.05. The van der Waals surface area contributed by atoms with Crippen LogP contribution in [0.2, 0.25) is 0 Å². The number of amides is 1. The van der Waals surface area contributed by atoms with E-state index < -0.39 is 0 Å². The fraction of sp³-hybridized carbons (Fsp3) is 0.154. The first-order chi connectivity index (χ1) is 7.68. The molecule has 0 radical (unpaired) electrons. The summed E-state index contributed by atoms with van der Waals surface area (Å²) in [7, 11) is 1.34. The molecule has 0 aromatic heterocycles. The third-order valence-corrected chi connectivity index (χ3v) is 2.58. The fourth-order valence-corrected chi connectivity index (χ4v) is 1.72. The van der Waals surface area contributed by atoms with Crippen LogP contribution in [0.4, 0.5) is 0 Å². The zero-order valence-electron chi connectivity index (χ0n) is 9.05. The van der Waals surface area contributed by atoms with Crippen molar-refractivity contribution in [2.24, 2.45) is 0 Å². The van der Waals surface area contributed by atoms with Crippen molar-refractivity contribution in [1.82, 2.24) is 5.06 Å². The van der Waals surface area contributed by atoms with E-state index in [1.54, 1.807) is 0 Å². The first-order valence-electron chi connectivity index (χ1n) is 5.10. The molecule has 3 nitrogen and oxygen atoms in total. The maximum Gasteiger partial charge on any atom is 0.250 e. The lowest BCUT2D eigenvalue weighted by Crippen LogP contribution is -2.24. The second-order valence-electron chi connectivity index (χ2n) is 3.73. The monoisotopic (exact) mass is 215 g/mol. The molecule has 0 fully saturated rings. The SMILES string of the molecule is CN(O)C(=O)Cc1cccc2ccccc12. The molecule has 2 aromatic rings. The summed E-state index contributed by atoms with van der Waals surface area (Å²) in [5, 5.41) is 11.8. The third-order valence-electron chi connectivity index (χ3n) is 2.58. The van der Waals surface area contributed by atoms with Crippen LogP contribution in [0.1, 0.15) is 5.56 Å². The van der Waals surface area contributed by atoms with Crippen LogP contribution >= 0.6 is 0 Å². The predicted octanol–water partition coefficient (Wildman–Crippen LogP) is 2.23. The Morgan fingerprint density at radius 1 is 1.19 bits per heavy atom. The van der Waals surface area contributed by atoms with E-state index in [9.17, 15) is 4.79 Å². The van der Waals surface area contributed by atoms with Crippen LogP contribution in [0, 0.1) is 0 Å². The average Bonchev–Trinajstić information content (AvgIpc) is 2.29. The number of fused-ring (bicyclic) bond motifs is 1. The molecule has 0 aliphatic carbocycles. The number of likely N-dealkylation sites (N-methyl/N-ethyl adjacent to an activating group) is 1. The maximum absolute atomic E-state index is 11.4. The molecule has 0 bridgehead atoms. The van der Waals surface area contributed by atoms with E-state index in [-0.39, 0.29) is 12.3 Å². The summed E-state index contributed by atoms with van der Waals surface area (Å²) in [5.41, 5.74) is 0.934. The molecule has 0 aliphatic rings. The van der Waals surface area contributed by atoms with Crippen LogP contribution in [0.3, 0.4) is 0 Å². The summed E-state index contributed by atoms with van der Waals surface area (Å²) in [6, 6.07) is 13.7. The Morgan fingerprint density at radius 2 is 1.88 bits per heavy atom. The van der Waals surface area contributed by atoms with Gasteiger partial charge in [-0.15, -0.1) is 0 Å². The first-order valence-corrected chi connectivity index (χ1v) is 5.10. The molecule has 0 spiro atoms. The van der Waals surface area contributed by atoms with Crippen LogP contribution in [0.15, 0.2) is 42.5 Å². The van der Waals surface area contributed by atoms with Crippen molar-refractivity contribution in [1.29, 1.82) is 0 Å². The van der Waals surface area contributed by atoms with Gasteiger partial charge in [0.15, 0.2) is 0 Å². The number of hydroxylamine groups is 2. The molecule has 0 saturated carbocycles. The van der Waals surface area contributed by atoms with E-state index in [1.165, 1.54) is 7.05 Å². The van der Waals surface area contributed by atoms with Gasteiger partial charge in [-0.2, -0.15) is 0 Å². The van der Waals surface area contributed by atoms with E-state index >= 15 is 0 Å². The summed E-state index contributed by atoms with van der Waals surface area (Å²) in [6.45, 7) is 0. The largest absolute Gasteiger partial charge is 0.286 e. The highest BCUT2D eigenvalue weighted by Gasteiger charge is 2.09. The summed E-state index contributed by atoms with van der Waals surface area (Å²) < 4.78 is 0. The van der Waals surface area contributed by atoms with Gasteiger partial charge >= 0.3 is 0 Å². The van der Waals surface area contributed by atoms with Gasteiger partial charge in [-0.1, -0.05) is 42.5 Å². The van der Waals surface area contributed by atoms with Crippen molar-refractivity contribution < 1.29 is 10.0 Å². The molecule has 16 heavy (non-hydrogen) atoms. The van der Waals surface area contributed by atoms with E-state index in [4.69, 9.17) is 5.21 Å². The minimum absolute atomic E-state index is 0.217. The van der Waals surface area contributed by atoms with Crippen LogP contribution < -0.4 is 0 Å². The van der Waals surface area contributed by atoms with Gasteiger partial charge in [-0.25, -0.2) is 5.06 Å². The number of carbonyl (C=O) groups is 1. The second-order valence-corrected chi connectivity index (χ2v) is 3.73. The number of hydrogen-bond acceptors (Lipinski definition) is 2. The summed E-state index contributed by atoms with van der Waals surface area (Å²) in [6.07, 6.45) is 0.217. The third kappa shape index (κ3) is 2.04. The van der Waals surface area contributed by atoms with E-state index in [0.29, 0.717) is 5.06 Å². The number of carbonyl (C=O) groups excluding carboxylic acids is 1. The Morgan fingerprint density at radius 3 is 2.62 bits per heavy atom. The van der Waals surface area contributed by atoms with E-state index in [1.807, 2.05) is 42.5 Å². The van der Waals surface area contributed by atoms with Crippen LogP contribution in [-0.4, -0.2) is 23.2 Å². The zero-order chi connectivity index (χ0) is 11.5. The molecular formula is C13H13NO2. The van der Waals surface area contributed by atoms with Gasteiger partial charge in [-0.05, 0) is 16.3 Å². The average molecular weight is 215 g/mol. The molecule has 2 rings (SSSR count). The number of rotatable bonds is 2. The Hall–Kier alpha value is -1.87. The van der Waals surface area contributed by atoms with Gasteiger partial charge in [0.25, 0.3) is 0 Å². The lowest BCUT2D eigenvalue weighted by molar-refractivity contribution is -0.158. The molecule has 0 aliphatic heterocycles. The van der Waals surface area contributed by atoms with Gasteiger partial charge in [0, 0.05) is 7.05 Å². The fourth-order valence-electron chi connectivity index (χ4n) is 1.72. The Labute approximate surface area is 93.9 Å². The second kappa shape index (κ2) is 4.33. The first kappa shape index (κ1) is 10.6. The molecule has 2 aromatic carbocycles. The summed E-state index contributed by atoms with van der Waals surface area (Å²) in [4.78, 5) is 11.4. The van der Waals surface area contributed by atoms with Crippen molar-refractivity contribution in [2.45, 2.75) is 6.42 Å². The van der Waals surface area contributed by atoms with Gasteiger partial charge < -0.3 is 0 Å². The Bertz CT molecular complexity index is 515. The highest BCUT2D eigenvalue weighted by Crippen LogP contribution is 2.19. The highest BCUT2D eigenvalue weighted by atomic mass is 16.5. The molecule has 1 N–H and O–H groups in total. The Kier molecular flexibility index (Phi) is 2.88. The highest BCUT2D eigenvalue weighted by molar-refractivity contribution is 5.89. The number of hydrogen-bond donors (Lipinski definition) is 1. The van der Waals surface area contributed by atoms with E-state index in [2.05, 4.69) is 0 Å². The van der Waals surface area contributed by atoms with Gasteiger partial charge in [0.2, 0.25) is 5.91 Å². The topological polar surface area (TPSA) is 40.5 Å². The molecule has 0 atom stereocenters. The van der Waals surface area contributed by atoms with Gasteiger partial charge in [0.1, 0.15) is 0 Å². The summed E-state index contributed by atoms with van der Waals surface area (Å²) >= 11 is 0. The molecule has 0 unspecified atom stereocenters. The molecule has 0 heterocycles. The van der Waals surface area contributed by atoms with Crippen LogP contribution in [0.5, 0.6) is 0 Å². The predicted molar refractivity (Wildman–Crippen MR) is 62.2 cm³/mol. The maximum atomic E-state index is 11.4. The van der Waals surface area contributed by atoms with E-state index in [0.717, 1.165) is 16.3 Å². The van der Waals surface area contributed by atoms with Gasteiger partial charge in [-0.3, -0.25) is 10.0 Å². The molecule has 82 valence electrons. The molecule has 1 amide bonds. The summed E-state index contributed by atoms with van der Waals surface area (Å²) in [5.74, 6) is -0.309. The minimum Gasteiger partial charge on any atom is -0.286 e. The van der Waals surface area contributed by atoms with Crippen molar-refractivity contribution >= 4 is 16.7 Å². The van der Waals surface area contributed by atoms with Crippen LogP contribution in [0.25, 0.3) is 10.8 Å². The molecule has 3 heteroatoms. The lowest BCUT2D eigenvalue weighted by Gasteiger charge is -2.10. The molecular weight excluding hydrogens is 202 g/mol. The van der Waals surface area contributed by atoms with Crippen molar-refractivity contribution in [3.05, 3.63) is 48.0 Å². The normalized spacial score (nSPS) is 10.4. The van der Waals surface area contributed by atoms with Crippen molar-refractivity contribution in [2.75, 3.05) is 7.05 Å². The standard InChI is InChI=1S/C13H13NO2/c1-14(16)13(15)9-11-7-4-6-10-5-2-3-8-12(10)11/h2-8,16H,9H2,1H3. The minimum atomic E-state index is -0.309. The van der Waals surface area contributed by atoms with Crippen molar-refractivity contribution in [3.8, 4) is 0 Å². The number of nitrogens with zero attached hydrogens (tertiary/aromatic N) is 1. The quantitative estimate of drug-likeness (QED) is 0.616. The molecule has 0 saturated heterocycles. The lowest BCUT2D eigenvalue weighted by atomic mass is 10.0.